The molecule has 15 heavy (non-hydrogen) atoms. The van der Waals surface area contributed by atoms with E-state index >= 15 is 0 Å². The lowest BCUT2D eigenvalue weighted by Gasteiger charge is -2.13. The molecule has 1 atom stereocenters. The summed E-state index contributed by atoms with van der Waals surface area (Å²) in [6.45, 7) is 6.27. The van der Waals surface area contributed by atoms with Gasteiger partial charge in [0.25, 0.3) is 0 Å². The van der Waals surface area contributed by atoms with Gasteiger partial charge in [-0.3, -0.25) is 0 Å². The average Bonchev–Trinajstić information content (AvgIpc) is 2.17. The molecule has 1 rings (SSSR count). The standard InChI is InChI=1S/C13H21NO/c1-5-12(14)8-11-6-9(2)13(15-4)10(3)7-11/h6-7,12H,5,8,14H2,1-4H3. The van der Waals surface area contributed by atoms with E-state index in [0.717, 1.165) is 18.6 Å². The Bertz CT molecular complexity index is 310. The summed E-state index contributed by atoms with van der Waals surface area (Å²) < 4.78 is 5.33. The second kappa shape index (κ2) is 5.17. The summed E-state index contributed by atoms with van der Waals surface area (Å²) in [7, 11) is 1.72. The van der Waals surface area contributed by atoms with Gasteiger partial charge in [-0.15, -0.1) is 0 Å². The van der Waals surface area contributed by atoms with Crippen LogP contribution < -0.4 is 10.5 Å². The molecule has 2 N–H and O–H groups in total. The zero-order chi connectivity index (χ0) is 11.4. The molecular weight excluding hydrogens is 186 g/mol. The smallest absolute Gasteiger partial charge is 0.124 e. The summed E-state index contributed by atoms with van der Waals surface area (Å²) >= 11 is 0. The summed E-state index contributed by atoms with van der Waals surface area (Å²) in [5.41, 5.74) is 9.63. The molecule has 0 bridgehead atoms. The topological polar surface area (TPSA) is 35.2 Å². The fourth-order valence-corrected chi connectivity index (χ4v) is 1.93. The number of benzene rings is 1. The van der Waals surface area contributed by atoms with Gasteiger partial charge in [0.15, 0.2) is 0 Å². The van der Waals surface area contributed by atoms with Gasteiger partial charge < -0.3 is 10.5 Å². The molecule has 0 saturated carbocycles. The first kappa shape index (κ1) is 12.1. The van der Waals surface area contributed by atoms with Gasteiger partial charge in [-0.2, -0.15) is 0 Å². The number of hydrogen-bond acceptors (Lipinski definition) is 2. The van der Waals surface area contributed by atoms with Crippen molar-refractivity contribution in [2.45, 2.75) is 39.7 Å². The fourth-order valence-electron chi connectivity index (χ4n) is 1.93. The molecule has 1 aromatic rings. The van der Waals surface area contributed by atoms with Crippen LogP contribution in [0.25, 0.3) is 0 Å². The van der Waals surface area contributed by atoms with Crippen LogP contribution in [0.1, 0.15) is 30.0 Å². The third-order valence-corrected chi connectivity index (χ3v) is 2.75. The van der Waals surface area contributed by atoms with Crippen molar-refractivity contribution >= 4 is 0 Å². The molecule has 0 radical (unpaired) electrons. The first-order valence-corrected chi connectivity index (χ1v) is 5.48. The summed E-state index contributed by atoms with van der Waals surface area (Å²) in [6, 6.07) is 4.60. The van der Waals surface area contributed by atoms with Gasteiger partial charge in [-0.1, -0.05) is 19.1 Å². The molecule has 2 nitrogen and oxygen atoms in total. The van der Waals surface area contributed by atoms with Crippen molar-refractivity contribution in [3.05, 3.63) is 28.8 Å². The molecule has 0 saturated heterocycles. The van der Waals surface area contributed by atoms with E-state index in [0.29, 0.717) is 0 Å². The lowest BCUT2D eigenvalue weighted by Crippen LogP contribution is -2.21. The van der Waals surface area contributed by atoms with Crippen molar-refractivity contribution in [2.24, 2.45) is 5.73 Å². The molecule has 0 spiro atoms. The highest BCUT2D eigenvalue weighted by Gasteiger charge is 2.07. The molecule has 0 amide bonds. The first-order valence-electron chi connectivity index (χ1n) is 5.48. The van der Waals surface area contributed by atoms with E-state index in [-0.39, 0.29) is 6.04 Å². The molecule has 0 fully saturated rings. The zero-order valence-corrected chi connectivity index (χ0v) is 10.1. The van der Waals surface area contributed by atoms with Gasteiger partial charge in [0.2, 0.25) is 0 Å². The van der Waals surface area contributed by atoms with Gasteiger partial charge in [0, 0.05) is 6.04 Å². The highest BCUT2D eigenvalue weighted by Crippen LogP contribution is 2.24. The van der Waals surface area contributed by atoms with Gasteiger partial charge in [-0.25, -0.2) is 0 Å². The number of aryl methyl sites for hydroxylation is 2. The van der Waals surface area contributed by atoms with Crippen LogP contribution in [0.15, 0.2) is 12.1 Å². The van der Waals surface area contributed by atoms with Crippen LogP contribution in [-0.4, -0.2) is 13.2 Å². The molecule has 2 heteroatoms. The Balaban J connectivity index is 2.93. The molecule has 84 valence electrons. The van der Waals surface area contributed by atoms with Crippen molar-refractivity contribution < 1.29 is 4.74 Å². The summed E-state index contributed by atoms with van der Waals surface area (Å²) in [5, 5.41) is 0. The molecule has 0 aliphatic heterocycles. The Morgan fingerprint density at radius 2 is 1.80 bits per heavy atom. The van der Waals surface area contributed by atoms with E-state index in [4.69, 9.17) is 10.5 Å². The molecule has 0 heterocycles. The number of methoxy groups -OCH3 is 1. The van der Waals surface area contributed by atoms with Crippen molar-refractivity contribution in [3.8, 4) is 5.75 Å². The quantitative estimate of drug-likeness (QED) is 0.823. The second-order valence-electron chi connectivity index (χ2n) is 4.14. The highest BCUT2D eigenvalue weighted by molar-refractivity contribution is 5.43. The molecular formula is C13H21NO. The largest absolute Gasteiger partial charge is 0.496 e. The van der Waals surface area contributed by atoms with Crippen LogP contribution in [0.5, 0.6) is 5.75 Å². The summed E-state index contributed by atoms with van der Waals surface area (Å²) in [5.74, 6) is 0.990. The van der Waals surface area contributed by atoms with E-state index in [1.807, 2.05) is 0 Å². The minimum absolute atomic E-state index is 0.261. The Hall–Kier alpha value is -1.02. The zero-order valence-electron chi connectivity index (χ0n) is 10.1. The lowest BCUT2D eigenvalue weighted by molar-refractivity contribution is 0.408. The van der Waals surface area contributed by atoms with Crippen LogP contribution in [0, 0.1) is 13.8 Å². The third kappa shape index (κ3) is 2.96. The van der Waals surface area contributed by atoms with Crippen LogP contribution in [-0.2, 0) is 6.42 Å². The van der Waals surface area contributed by atoms with E-state index in [1.54, 1.807) is 7.11 Å². The maximum atomic E-state index is 5.94. The van der Waals surface area contributed by atoms with Gasteiger partial charge in [0.1, 0.15) is 5.75 Å². The van der Waals surface area contributed by atoms with Crippen LogP contribution in [0.3, 0.4) is 0 Å². The Morgan fingerprint density at radius 3 is 2.20 bits per heavy atom. The predicted molar refractivity (Wildman–Crippen MR) is 64.4 cm³/mol. The van der Waals surface area contributed by atoms with E-state index < -0.39 is 0 Å². The van der Waals surface area contributed by atoms with Crippen molar-refractivity contribution in [1.82, 2.24) is 0 Å². The maximum Gasteiger partial charge on any atom is 0.124 e. The normalized spacial score (nSPS) is 12.6. The van der Waals surface area contributed by atoms with Crippen molar-refractivity contribution in [2.75, 3.05) is 7.11 Å². The summed E-state index contributed by atoms with van der Waals surface area (Å²) in [4.78, 5) is 0. The Morgan fingerprint density at radius 1 is 1.27 bits per heavy atom. The molecule has 0 aliphatic carbocycles. The van der Waals surface area contributed by atoms with Crippen molar-refractivity contribution in [3.63, 3.8) is 0 Å². The minimum atomic E-state index is 0.261. The van der Waals surface area contributed by atoms with Crippen LogP contribution >= 0.6 is 0 Å². The first-order chi connectivity index (χ1) is 7.08. The molecule has 1 aromatic carbocycles. The third-order valence-electron chi connectivity index (χ3n) is 2.75. The van der Waals surface area contributed by atoms with Gasteiger partial charge in [-0.05, 0) is 43.4 Å². The van der Waals surface area contributed by atoms with E-state index in [2.05, 4.69) is 32.9 Å². The van der Waals surface area contributed by atoms with Crippen LogP contribution in [0.4, 0.5) is 0 Å². The number of ether oxygens (including phenoxy) is 1. The Labute approximate surface area is 92.4 Å². The average molecular weight is 207 g/mol. The van der Waals surface area contributed by atoms with E-state index in [1.165, 1.54) is 16.7 Å². The van der Waals surface area contributed by atoms with E-state index in [9.17, 15) is 0 Å². The predicted octanol–water partition coefficient (Wildman–Crippen LogP) is 2.59. The second-order valence-corrected chi connectivity index (χ2v) is 4.14. The summed E-state index contributed by atoms with van der Waals surface area (Å²) in [6.07, 6.45) is 1.96. The number of nitrogens with two attached hydrogens (primary N) is 1. The van der Waals surface area contributed by atoms with Crippen LogP contribution in [0.2, 0.25) is 0 Å². The van der Waals surface area contributed by atoms with Gasteiger partial charge >= 0.3 is 0 Å². The maximum absolute atomic E-state index is 5.94. The lowest BCUT2D eigenvalue weighted by atomic mass is 9.99. The number of hydrogen-bond donors (Lipinski definition) is 1. The minimum Gasteiger partial charge on any atom is -0.496 e. The SMILES string of the molecule is CCC(N)Cc1cc(C)c(OC)c(C)c1. The number of rotatable bonds is 4. The molecule has 0 aromatic heterocycles. The Kier molecular flexibility index (Phi) is 4.15. The highest BCUT2D eigenvalue weighted by atomic mass is 16.5. The van der Waals surface area contributed by atoms with Crippen molar-refractivity contribution in [1.29, 1.82) is 0 Å². The van der Waals surface area contributed by atoms with Gasteiger partial charge in [0.05, 0.1) is 7.11 Å². The molecule has 0 aliphatic rings. The fraction of sp³-hybridized carbons (Fsp3) is 0.538. The monoisotopic (exact) mass is 207 g/mol. The molecule has 1 unspecified atom stereocenters.